The summed E-state index contributed by atoms with van der Waals surface area (Å²) < 4.78 is 0. The van der Waals surface area contributed by atoms with E-state index in [0.717, 1.165) is 6.42 Å². The lowest BCUT2D eigenvalue weighted by molar-refractivity contribution is 0.151. The summed E-state index contributed by atoms with van der Waals surface area (Å²) in [5.74, 6) is 2.54. The molecular weight excluding hydrogens is 100 g/mol. The summed E-state index contributed by atoms with van der Waals surface area (Å²) in [4.78, 5) is 0. The number of rotatable bonds is 2. The summed E-state index contributed by atoms with van der Waals surface area (Å²) in [6, 6.07) is 0. The van der Waals surface area contributed by atoms with Crippen LogP contribution in [0.2, 0.25) is 0 Å². The van der Waals surface area contributed by atoms with Gasteiger partial charge in [0.15, 0.2) is 0 Å². The first kappa shape index (κ1) is 7.52. The van der Waals surface area contributed by atoms with Crippen LogP contribution in [-0.4, -0.2) is 11.2 Å². The van der Waals surface area contributed by atoms with Gasteiger partial charge in [-0.1, -0.05) is 6.92 Å². The third-order valence-electron chi connectivity index (χ3n) is 1.24. The van der Waals surface area contributed by atoms with E-state index < -0.39 is 0 Å². The van der Waals surface area contributed by atoms with Crippen molar-refractivity contribution in [3.8, 4) is 12.3 Å². The Balaban J connectivity index is 3.57. The maximum Gasteiger partial charge on any atom is 0.0649 e. The highest BCUT2D eigenvalue weighted by atomic mass is 16.3. The van der Waals surface area contributed by atoms with Crippen molar-refractivity contribution in [1.82, 2.24) is 0 Å². The third-order valence-corrected chi connectivity index (χ3v) is 1.24. The van der Waals surface area contributed by atoms with Crippen molar-refractivity contribution in [2.75, 3.05) is 0 Å². The minimum atomic E-state index is -0.356. The van der Waals surface area contributed by atoms with Crippen molar-refractivity contribution in [2.24, 2.45) is 5.92 Å². The van der Waals surface area contributed by atoms with Crippen LogP contribution in [0.4, 0.5) is 0 Å². The number of hydrogen-bond donors (Lipinski definition) is 1. The Morgan fingerprint density at radius 2 is 2.25 bits per heavy atom. The van der Waals surface area contributed by atoms with Crippen LogP contribution in [0.3, 0.4) is 0 Å². The van der Waals surface area contributed by atoms with Gasteiger partial charge in [-0.05, 0) is 13.3 Å². The quantitative estimate of drug-likeness (QED) is 0.529. The Morgan fingerprint density at radius 1 is 1.75 bits per heavy atom. The highest BCUT2D eigenvalue weighted by Gasteiger charge is 2.06. The molecule has 0 aliphatic carbocycles. The highest BCUT2D eigenvalue weighted by molar-refractivity contribution is 4.94. The number of hydrogen-bond acceptors (Lipinski definition) is 1. The lowest BCUT2D eigenvalue weighted by Crippen LogP contribution is -2.12. The van der Waals surface area contributed by atoms with Gasteiger partial charge >= 0.3 is 0 Å². The predicted molar refractivity (Wildman–Crippen MR) is 34.3 cm³/mol. The molecule has 1 nitrogen and oxygen atoms in total. The second kappa shape index (κ2) is 3.51. The molecule has 0 fully saturated rings. The first-order valence-corrected chi connectivity index (χ1v) is 2.86. The Bertz CT molecular complexity index is 89.1. The van der Waals surface area contributed by atoms with Crippen molar-refractivity contribution in [2.45, 2.75) is 26.4 Å². The maximum absolute atomic E-state index is 8.87. The van der Waals surface area contributed by atoms with Gasteiger partial charge in [0.2, 0.25) is 0 Å². The molecule has 0 rings (SSSR count). The van der Waals surface area contributed by atoms with E-state index in [0.29, 0.717) is 0 Å². The minimum Gasteiger partial charge on any atom is -0.392 e. The van der Waals surface area contributed by atoms with Crippen LogP contribution in [0.1, 0.15) is 20.3 Å². The SMILES string of the molecule is C#CC(CC)C(C)O. The second-order valence-electron chi connectivity index (χ2n) is 1.92. The molecule has 0 spiro atoms. The van der Waals surface area contributed by atoms with Gasteiger partial charge in [0.05, 0.1) is 6.10 Å². The highest BCUT2D eigenvalue weighted by Crippen LogP contribution is 2.04. The molecule has 2 atom stereocenters. The Hall–Kier alpha value is -0.480. The zero-order valence-electron chi connectivity index (χ0n) is 5.39. The van der Waals surface area contributed by atoms with Gasteiger partial charge in [0, 0.05) is 5.92 Å². The molecule has 0 aromatic carbocycles. The zero-order chi connectivity index (χ0) is 6.57. The monoisotopic (exact) mass is 112 g/mol. The van der Waals surface area contributed by atoms with Crippen molar-refractivity contribution in [3.63, 3.8) is 0 Å². The fraction of sp³-hybridized carbons (Fsp3) is 0.714. The van der Waals surface area contributed by atoms with Gasteiger partial charge < -0.3 is 5.11 Å². The molecule has 0 aliphatic rings. The van der Waals surface area contributed by atoms with E-state index >= 15 is 0 Å². The molecule has 0 bridgehead atoms. The molecule has 0 aliphatic heterocycles. The fourth-order valence-corrected chi connectivity index (χ4v) is 0.598. The van der Waals surface area contributed by atoms with Gasteiger partial charge in [0.25, 0.3) is 0 Å². The van der Waals surface area contributed by atoms with Crippen LogP contribution >= 0.6 is 0 Å². The average molecular weight is 112 g/mol. The van der Waals surface area contributed by atoms with Crippen molar-refractivity contribution < 1.29 is 5.11 Å². The zero-order valence-corrected chi connectivity index (χ0v) is 5.39. The predicted octanol–water partition coefficient (Wildman–Crippen LogP) is 1.03. The number of aliphatic hydroxyl groups is 1. The molecule has 2 unspecified atom stereocenters. The van der Waals surface area contributed by atoms with Crippen LogP contribution in [0.15, 0.2) is 0 Å². The fourth-order valence-electron chi connectivity index (χ4n) is 0.598. The van der Waals surface area contributed by atoms with Crippen LogP contribution in [-0.2, 0) is 0 Å². The molecule has 0 radical (unpaired) electrons. The van der Waals surface area contributed by atoms with E-state index in [-0.39, 0.29) is 12.0 Å². The summed E-state index contributed by atoms with van der Waals surface area (Å²) in [5.41, 5.74) is 0. The molecule has 1 heteroatoms. The smallest absolute Gasteiger partial charge is 0.0649 e. The maximum atomic E-state index is 8.87. The third kappa shape index (κ3) is 1.99. The van der Waals surface area contributed by atoms with Crippen LogP contribution in [0.5, 0.6) is 0 Å². The number of aliphatic hydroxyl groups excluding tert-OH is 1. The first-order valence-electron chi connectivity index (χ1n) is 2.86. The molecule has 46 valence electrons. The van der Waals surface area contributed by atoms with E-state index in [1.54, 1.807) is 6.92 Å². The van der Waals surface area contributed by atoms with Crippen LogP contribution in [0, 0.1) is 18.3 Å². The van der Waals surface area contributed by atoms with Gasteiger partial charge in [-0.3, -0.25) is 0 Å². The van der Waals surface area contributed by atoms with Crippen molar-refractivity contribution in [3.05, 3.63) is 0 Å². The van der Waals surface area contributed by atoms with Crippen molar-refractivity contribution in [1.29, 1.82) is 0 Å². The Morgan fingerprint density at radius 3 is 2.25 bits per heavy atom. The topological polar surface area (TPSA) is 20.2 Å². The Labute approximate surface area is 50.7 Å². The molecule has 8 heavy (non-hydrogen) atoms. The standard InChI is InChI=1S/C7H12O/c1-4-7(5-2)6(3)8/h1,6-8H,5H2,2-3H3. The summed E-state index contributed by atoms with van der Waals surface area (Å²) in [5, 5.41) is 8.87. The molecule has 1 N–H and O–H groups in total. The molecule has 0 saturated heterocycles. The summed E-state index contributed by atoms with van der Waals surface area (Å²) in [6.07, 6.45) is 5.57. The molecule has 0 heterocycles. The largest absolute Gasteiger partial charge is 0.392 e. The summed E-state index contributed by atoms with van der Waals surface area (Å²) in [6.45, 7) is 3.69. The van der Waals surface area contributed by atoms with E-state index in [4.69, 9.17) is 11.5 Å². The van der Waals surface area contributed by atoms with Gasteiger partial charge in [-0.25, -0.2) is 0 Å². The molecule has 0 amide bonds. The normalized spacial score (nSPS) is 16.8. The average Bonchev–Trinajstić information content (AvgIpc) is 1.69. The summed E-state index contributed by atoms with van der Waals surface area (Å²) in [7, 11) is 0. The van der Waals surface area contributed by atoms with Crippen LogP contribution < -0.4 is 0 Å². The van der Waals surface area contributed by atoms with E-state index in [1.165, 1.54) is 0 Å². The molecule has 0 aromatic heterocycles. The first-order chi connectivity index (χ1) is 3.72. The second-order valence-corrected chi connectivity index (χ2v) is 1.92. The lowest BCUT2D eigenvalue weighted by atomic mass is 10.0. The van der Waals surface area contributed by atoms with E-state index in [9.17, 15) is 0 Å². The van der Waals surface area contributed by atoms with Gasteiger partial charge in [0.1, 0.15) is 0 Å². The van der Waals surface area contributed by atoms with E-state index in [2.05, 4.69) is 5.92 Å². The van der Waals surface area contributed by atoms with Crippen molar-refractivity contribution >= 4 is 0 Å². The number of terminal acetylenes is 1. The van der Waals surface area contributed by atoms with E-state index in [1.807, 2.05) is 6.92 Å². The van der Waals surface area contributed by atoms with Gasteiger partial charge in [-0.15, -0.1) is 12.3 Å². The van der Waals surface area contributed by atoms with Gasteiger partial charge in [-0.2, -0.15) is 0 Å². The minimum absolute atomic E-state index is 0.0370. The lowest BCUT2D eigenvalue weighted by Gasteiger charge is -2.08. The summed E-state index contributed by atoms with van der Waals surface area (Å²) >= 11 is 0. The van der Waals surface area contributed by atoms with Crippen LogP contribution in [0.25, 0.3) is 0 Å². The Kier molecular flexibility index (Phi) is 3.30. The molecule has 0 aromatic rings. The molecule has 0 saturated carbocycles. The molecular formula is C7H12O.